The maximum Gasteiger partial charge on any atom is 0.337 e. The molecule has 2 N–H and O–H groups in total. The molecule has 0 aliphatic rings. The summed E-state index contributed by atoms with van der Waals surface area (Å²) in [5, 5.41) is 13.2. The molecule has 138 valence electrons. The Morgan fingerprint density at radius 3 is 2.56 bits per heavy atom. The minimum absolute atomic E-state index is 0.0680. The number of carboxylic acid groups (broad SMARTS) is 1. The summed E-state index contributed by atoms with van der Waals surface area (Å²) in [7, 11) is 0. The molecule has 0 amide bonds. The number of carboxylic acids is 1. The second-order valence-electron chi connectivity index (χ2n) is 5.88. The van der Waals surface area contributed by atoms with E-state index in [4.69, 9.17) is 33.0 Å². The van der Waals surface area contributed by atoms with Crippen LogP contribution in [-0.2, 0) is 13.2 Å². The highest BCUT2D eigenvalue weighted by molar-refractivity contribution is 6.33. The van der Waals surface area contributed by atoms with Gasteiger partial charge in [0.25, 0.3) is 0 Å². The summed E-state index contributed by atoms with van der Waals surface area (Å²) in [6.45, 7) is 0.902. The first-order valence-corrected chi connectivity index (χ1v) is 9.00. The SMILES string of the molecule is O=C(O)c1cc(NCc2cccc(OCc3ccccc3Cl)c2)ccc1Cl. The molecule has 3 aromatic rings. The predicted octanol–water partition coefficient (Wildman–Crippen LogP) is 5.88. The van der Waals surface area contributed by atoms with Gasteiger partial charge >= 0.3 is 5.97 Å². The number of ether oxygens (including phenoxy) is 1. The molecule has 0 fully saturated rings. The van der Waals surface area contributed by atoms with Crippen LogP contribution in [0.25, 0.3) is 0 Å². The minimum atomic E-state index is -1.06. The summed E-state index contributed by atoms with van der Waals surface area (Å²) in [4.78, 5) is 11.2. The van der Waals surface area contributed by atoms with Gasteiger partial charge in [-0.05, 0) is 42.0 Å². The molecule has 0 aromatic heterocycles. The third-order valence-electron chi connectivity index (χ3n) is 3.94. The molecule has 0 aliphatic carbocycles. The van der Waals surface area contributed by atoms with Crippen LogP contribution in [0.15, 0.2) is 66.7 Å². The molecule has 0 saturated heterocycles. The molecule has 0 saturated carbocycles. The van der Waals surface area contributed by atoms with Crippen molar-refractivity contribution in [2.45, 2.75) is 13.2 Å². The van der Waals surface area contributed by atoms with E-state index >= 15 is 0 Å². The van der Waals surface area contributed by atoms with Gasteiger partial charge in [-0.2, -0.15) is 0 Å². The maximum atomic E-state index is 11.2. The van der Waals surface area contributed by atoms with Crippen LogP contribution in [0.1, 0.15) is 21.5 Å². The zero-order valence-electron chi connectivity index (χ0n) is 14.3. The van der Waals surface area contributed by atoms with E-state index in [1.807, 2.05) is 48.5 Å². The van der Waals surface area contributed by atoms with Crippen LogP contribution in [0.5, 0.6) is 5.75 Å². The first-order chi connectivity index (χ1) is 13.0. The molecule has 0 atom stereocenters. The fourth-order valence-electron chi connectivity index (χ4n) is 2.53. The number of carbonyl (C=O) groups is 1. The minimum Gasteiger partial charge on any atom is -0.489 e. The summed E-state index contributed by atoms with van der Waals surface area (Å²) < 4.78 is 5.82. The van der Waals surface area contributed by atoms with Crippen molar-refractivity contribution in [2.24, 2.45) is 0 Å². The molecule has 0 bridgehead atoms. The van der Waals surface area contributed by atoms with E-state index in [0.29, 0.717) is 23.9 Å². The monoisotopic (exact) mass is 401 g/mol. The van der Waals surface area contributed by atoms with Crippen LogP contribution in [0.4, 0.5) is 5.69 Å². The lowest BCUT2D eigenvalue weighted by atomic mass is 10.1. The lowest BCUT2D eigenvalue weighted by Crippen LogP contribution is -2.03. The third-order valence-corrected chi connectivity index (χ3v) is 4.64. The van der Waals surface area contributed by atoms with Crippen LogP contribution in [0.2, 0.25) is 10.0 Å². The van der Waals surface area contributed by atoms with Crippen molar-refractivity contribution in [1.29, 1.82) is 0 Å². The summed E-state index contributed by atoms with van der Waals surface area (Å²) >= 11 is 12.0. The van der Waals surface area contributed by atoms with E-state index in [2.05, 4.69) is 5.32 Å². The normalized spacial score (nSPS) is 10.4. The summed E-state index contributed by atoms with van der Waals surface area (Å²) in [6, 6.07) is 20.1. The number of aromatic carboxylic acids is 1. The quantitative estimate of drug-likeness (QED) is 0.518. The van der Waals surface area contributed by atoms with Crippen molar-refractivity contribution in [1.82, 2.24) is 0 Å². The third kappa shape index (κ3) is 5.16. The van der Waals surface area contributed by atoms with Crippen molar-refractivity contribution in [3.63, 3.8) is 0 Å². The van der Waals surface area contributed by atoms with Gasteiger partial charge in [0, 0.05) is 22.8 Å². The summed E-state index contributed by atoms with van der Waals surface area (Å²) in [5.41, 5.74) is 2.67. The lowest BCUT2D eigenvalue weighted by molar-refractivity contribution is 0.0697. The highest BCUT2D eigenvalue weighted by Gasteiger charge is 2.09. The second-order valence-corrected chi connectivity index (χ2v) is 6.70. The molecule has 27 heavy (non-hydrogen) atoms. The fourth-order valence-corrected chi connectivity index (χ4v) is 2.91. The maximum absolute atomic E-state index is 11.2. The molecule has 0 aliphatic heterocycles. The van der Waals surface area contributed by atoms with E-state index in [-0.39, 0.29) is 10.6 Å². The average Bonchev–Trinajstić information content (AvgIpc) is 2.67. The Kier molecular flexibility index (Phi) is 6.22. The fraction of sp³-hybridized carbons (Fsp3) is 0.0952. The Bertz CT molecular complexity index is 960. The molecule has 6 heteroatoms. The molecule has 4 nitrogen and oxygen atoms in total. The highest BCUT2D eigenvalue weighted by atomic mass is 35.5. The van der Waals surface area contributed by atoms with Crippen molar-refractivity contribution in [3.05, 3.63) is 93.5 Å². The van der Waals surface area contributed by atoms with E-state index in [1.54, 1.807) is 12.1 Å². The number of rotatable bonds is 7. The van der Waals surface area contributed by atoms with Gasteiger partial charge < -0.3 is 15.2 Å². The molecule has 0 spiro atoms. The molecule has 0 unspecified atom stereocenters. The summed E-state index contributed by atoms with van der Waals surface area (Å²) in [6.07, 6.45) is 0. The molecule has 0 heterocycles. The first-order valence-electron chi connectivity index (χ1n) is 8.25. The number of hydrogen-bond donors (Lipinski definition) is 2. The van der Waals surface area contributed by atoms with Crippen LogP contribution in [-0.4, -0.2) is 11.1 Å². The van der Waals surface area contributed by atoms with Gasteiger partial charge in [0.1, 0.15) is 12.4 Å². The van der Waals surface area contributed by atoms with Crippen molar-refractivity contribution < 1.29 is 14.6 Å². The Morgan fingerprint density at radius 1 is 0.963 bits per heavy atom. The lowest BCUT2D eigenvalue weighted by Gasteiger charge is -2.11. The smallest absolute Gasteiger partial charge is 0.337 e. The van der Waals surface area contributed by atoms with Gasteiger partial charge in [-0.1, -0.05) is 53.5 Å². The van der Waals surface area contributed by atoms with E-state index < -0.39 is 5.97 Å². The van der Waals surface area contributed by atoms with Gasteiger partial charge in [-0.15, -0.1) is 0 Å². The summed E-state index contributed by atoms with van der Waals surface area (Å²) in [5.74, 6) is -0.324. The van der Waals surface area contributed by atoms with Gasteiger partial charge in [-0.25, -0.2) is 4.79 Å². The Hall–Kier alpha value is -2.69. The zero-order valence-corrected chi connectivity index (χ0v) is 15.8. The standard InChI is InChI=1S/C21H17Cl2NO3/c22-19-7-2-1-5-15(19)13-27-17-6-3-4-14(10-17)12-24-16-8-9-20(23)18(11-16)21(25)26/h1-11,24H,12-13H2,(H,25,26). The molecule has 3 rings (SSSR count). The van der Waals surface area contributed by atoms with Crippen LogP contribution in [0.3, 0.4) is 0 Å². The Labute approximate surface area is 167 Å². The van der Waals surface area contributed by atoms with Crippen LogP contribution in [0, 0.1) is 0 Å². The Morgan fingerprint density at radius 2 is 1.78 bits per heavy atom. The van der Waals surface area contributed by atoms with Crippen molar-refractivity contribution in [2.75, 3.05) is 5.32 Å². The van der Waals surface area contributed by atoms with Gasteiger partial charge in [-0.3, -0.25) is 0 Å². The molecule has 3 aromatic carbocycles. The number of hydrogen-bond acceptors (Lipinski definition) is 3. The molecule has 0 radical (unpaired) electrons. The number of nitrogens with one attached hydrogen (secondary N) is 1. The van der Waals surface area contributed by atoms with Crippen molar-refractivity contribution >= 4 is 34.9 Å². The van der Waals surface area contributed by atoms with Crippen LogP contribution >= 0.6 is 23.2 Å². The predicted molar refractivity (Wildman–Crippen MR) is 108 cm³/mol. The van der Waals surface area contributed by atoms with E-state index in [1.165, 1.54) is 6.07 Å². The highest BCUT2D eigenvalue weighted by Crippen LogP contribution is 2.22. The van der Waals surface area contributed by atoms with Crippen LogP contribution < -0.4 is 10.1 Å². The largest absolute Gasteiger partial charge is 0.489 e. The number of benzene rings is 3. The van der Waals surface area contributed by atoms with Gasteiger partial charge in [0.05, 0.1) is 10.6 Å². The van der Waals surface area contributed by atoms with E-state index in [9.17, 15) is 4.79 Å². The van der Waals surface area contributed by atoms with Gasteiger partial charge in [0.2, 0.25) is 0 Å². The Balaban J connectivity index is 1.63. The average molecular weight is 402 g/mol. The zero-order chi connectivity index (χ0) is 19.2. The van der Waals surface area contributed by atoms with Crippen molar-refractivity contribution in [3.8, 4) is 5.75 Å². The first kappa shape index (κ1) is 19.1. The second kappa shape index (κ2) is 8.80. The molecular weight excluding hydrogens is 385 g/mol. The topological polar surface area (TPSA) is 58.6 Å². The number of anilines is 1. The van der Waals surface area contributed by atoms with Gasteiger partial charge in [0.15, 0.2) is 0 Å². The molecular formula is C21H17Cl2NO3. The van der Waals surface area contributed by atoms with E-state index in [0.717, 1.165) is 16.9 Å². The number of halogens is 2.